The summed E-state index contributed by atoms with van der Waals surface area (Å²) in [6, 6.07) is 0.288. The smallest absolute Gasteiger partial charge is 0.211 e. The molecule has 68 valence electrons. The molecule has 1 fully saturated rings. The minimum atomic E-state index is 0.288. The van der Waals surface area contributed by atoms with E-state index in [0.29, 0.717) is 5.92 Å². The van der Waals surface area contributed by atoms with Gasteiger partial charge in [0, 0.05) is 0 Å². The number of hydrogen-bond donors (Lipinski definition) is 0. The van der Waals surface area contributed by atoms with Gasteiger partial charge in [-0.15, -0.1) is 0 Å². The second kappa shape index (κ2) is 5.10. The summed E-state index contributed by atoms with van der Waals surface area (Å²) in [6.45, 7) is 2.19. The van der Waals surface area contributed by atoms with Crippen LogP contribution in [0.2, 0.25) is 0 Å². The van der Waals surface area contributed by atoms with Crippen molar-refractivity contribution in [3.05, 3.63) is 0 Å². The highest BCUT2D eigenvalue weighted by Gasteiger charge is 2.23. The van der Waals surface area contributed by atoms with Crippen molar-refractivity contribution in [2.75, 3.05) is 0 Å². The Morgan fingerprint density at radius 2 is 2.17 bits per heavy atom. The standard InChI is InChI=1S/C10H17NO/c1-2-5-9-6-3-4-7-10(9)11-8-12/h9-10H,2-7H2,1H3. The van der Waals surface area contributed by atoms with Crippen LogP contribution in [-0.4, -0.2) is 12.1 Å². The molecule has 0 aromatic heterocycles. The van der Waals surface area contributed by atoms with Crippen molar-refractivity contribution in [1.29, 1.82) is 0 Å². The molecule has 0 saturated heterocycles. The van der Waals surface area contributed by atoms with Gasteiger partial charge < -0.3 is 0 Å². The lowest BCUT2D eigenvalue weighted by atomic mass is 9.82. The van der Waals surface area contributed by atoms with Crippen molar-refractivity contribution < 1.29 is 4.79 Å². The monoisotopic (exact) mass is 167 g/mol. The first kappa shape index (κ1) is 9.47. The molecule has 1 aliphatic rings. The Kier molecular flexibility index (Phi) is 4.02. The predicted molar refractivity (Wildman–Crippen MR) is 48.8 cm³/mol. The molecule has 2 atom stereocenters. The van der Waals surface area contributed by atoms with E-state index < -0.39 is 0 Å². The zero-order valence-electron chi connectivity index (χ0n) is 7.75. The third kappa shape index (κ3) is 2.46. The number of nitrogens with zero attached hydrogens (tertiary/aromatic N) is 1. The highest BCUT2D eigenvalue weighted by molar-refractivity contribution is 5.33. The number of isocyanates is 1. The van der Waals surface area contributed by atoms with Gasteiger partial charge in [0.1, 0.15) is 0 Å². The first-order valence-corrected chi connectivity index (χ1v) is 4.95. The average Bonchev–Trinajstić information content (AvgIpc) is 2.09. The fraction of sp³-hybridized carbons (Fsp3) is 0.900. The van der Waals surface area contributed by atoms with Crippen LogP contribution in [0.4, 0.5) is 0 Å². The minimum absolute atomic E-state index is 0.288. The van der Waals surface area contributed by atoms with Crippen molar-refractivity contribution in [3.63, 3.8) is 0 Å². The average molecular weight is 167 g/mol. The van der Waals surface area contributed by atoms with Crippen LogP contribution in [0.1, 0.15) is 45.4 Å². The molecule has 0 aliphatic heterocycles. The minimum Gasteiger partial charge on any atom is -0.211 e. The van der Waals surface area contributed by atoms with Crippen molar-refractivity contribution in [3.8, 4) is 0 Å². The van der Waals surface area contributed by atoms with Crippen LogP contribution >= 0.6 is 0 Å². The van der Waals surface area contributed by atoms with Gasteiger partial charge in [-0.1, -0.05) is 26.2 Å². The van der Waals surface area contributed by atoms with Crippen LogP contribution in [0.15, 0.2) is 4.99 Å². The SMILES string of the molecule is CCCC1CCCCC1N=C=O. The fourth-order valence-corrected chi connectivity index (χ4v) is 2.13. The molecule has 0 radical (unpaired) electrons. The highest BCUT2D eigenvalue weighted by Crippen LogP contribution is 2.29. The van der Waals surface area contributed by atoms with Gasteiger partial charge in [0.2, 0.25) is 6.08 Å². The van der Waals surface area contributed by atoms with Gasteiger partial charge in [-0.2, -0.15) is 0 Å². The molecule has 0 spiro atoms. The molecule has 0 aromatic carbocycles. The van der Waals surface area contributed by atoms with Crippen molar-refractivity contribution in [2.45, 2.75) is 51.5 Å². The van der Waals surface area contributed by atoms with Crippen LogP contribution in [0.25, 0.3) is 0 Å². The number of hydrogen-bond acceptors (Lipinski definition) is 2. The summed E-state index contributed by atoms with van der Waals surface area (Å²) in [5, 5.41) is 0. The molecule has 2 unspecified atom stereocenters. The Hall–Kier alpha value is -0.620. The summed E-state index contributed by atoms with van der Waals surface area (Å²) >= 11 is 0. The maximum Gasteiger partial charge on any atom is 0.235 e. The van der Waals surface area contributed by atoms with Gasteiger partial charge in [-0.05, 0) is 25.2 Å². The van der Waals surface area contributed by atoms with Gasteiger partial charge in [0.15, 0.2) is 0 Å². The summed E-state index contributed by atoms with van der Waals surface area (Å²) in [4.78, 5) is 14.0. The lowest BCUT2D eigenvalue weighted by Gasteiger charge is -2.26. The Morgan fingerprint density at radius 1 is 1.42 bits per heavy atom. The lowest BCUT2D eigenvalue weighted by molar-refractivity contribution is 0.291. The van der Waals surface area contributed by atoms with Crippen molar-refractivity contribution in [2.24, 2.45) is 10.9 Å². The zero-order valence-corrected chi connectivity index (χ0v) is 7.75. The molecule has 0 N–H and O–H groups in total. The van der Waals surface area contributed by atoms with E-state index in [1.54, 1.807) is 6.08 Å². The Morgan fingerprint density at radius 3 is 2.83 bits per heavy atom. The molecule has 1 rings (SSSR count). The van der Waals surface area contributed by atoms with Crippen LogP contribution in [-0.2, 0) is 4.79 Å². The van der Waals surface area contributed by atoms with E-state index in [4.69, 9.17) is 0 Å². The molecular formula is C10H17NO. The quantitative estimate of drug-likeness (QED) is 0.469. The Labute approximate surface area is 74.1 Å². The molecule has 0 amide bonds. The van der Waals surface area contributed by atoms with E-state index in [9.17, 15) is 4.79 Å². The molecular weight excluding hydrogens is 150 g/mol. The summed E-state index contributed by atoms with van der Waals surface area (Å²) in [6.07, 6.45) is 9.02. The van der Waals surface area contributed by atoms with E-state index >= 15 is 0 Å². The Bertz CT molecular complexity index is 171. The van der Waals surface area contributed by atoms with E-state index in [1.807, 2.05) is 0 Å². The summed E-state index contributed by atoms with van der Waals surface area (Å²) < 4.78 is 0. The van der Waals surface area contributed by atoms with E-state index in [1.165, 1.54) is 32.1 Å². The van der Waals surface area contributed by atoms with Crippen LogP contribution < -0.4 is 0 Å². The third-order valence-electron chi connectivity index (χ3n) is 2.75. The summed E-state index contributed by atoms with van der Waals surface area (Å²) in [7, 11) is 0. The van der Waals surface area contributed by atoms with E-state index in [-0.39, 0.29) is 6.04 Å². The number of carbonyl (C=O) groups excluding carboxylic acids is 1. The second-order valence-electron chi connectivity index (χ2n) is 3.62. The van der Waals surface area contributed by atoms with E-state index in [0.717, 1.165) is 6.42 Å². The fourth-order valence-electron chi connectivity index (χ4n) is 2.13. The topological polar surface area (TPSA) is 29.4 Å². The number of aliphatic imine (C=N–C) groups is 1. The molecule has 12 heavy (non-hydrogen) atoms. The van der Waals surface area contributed by atoms with Crippen LogP contribution in [0, 0.1) is 5.92 Å². The molecule has 2 heteroatoms. The first-order chi connectivity index (χ1) is 5.88. The van der Waals surface area contributed by atoms with Crippen LogP contribution in [0.5, 0.6) is 0 Å². The van der Waals surface area contributed by atoms with Gasteiger partial charge >= 0.3 is 0 Å². The molecule has 1 saturated carbocycles. The number of rotatable bonds is 3. The van der Waals surface area contributed by atoms with Gasteiger partial charge in [-0.3, -0.25) is 0 Å². The second-order valence-corrected chi connectivity index (χ2v) is 3.62. The summed E-state index contributed by atoms with van der Waals surface area (Å²) in [5.74, 6) is 0.658. The van der Waals surface area contributed by atoms with Gasteiger partial charge in [0.05, 0.1) is 6.04 Å². The molecule has 0 heterocycles. The lowest BCUT2D eigenvalue weighted by Crippen LogP contribution is -2.22. The maximum absolute atomic E-state index is 10.1. The largest absolute Gasteiger partial charge is 0.235 e. The van der Waals surface area contributed by atoms with Crippen molar-refractivity contribution >= 4 is 6.08 Å². The van der Waals surface area contributed by atoms with Crippen LogP contribution in [0.3, 0.4) is 0 Å². The van der Waals surface area contributed by atoms with E-state index in [2.05, 4.69) is 11.9 Å². The molecule has 0 bridgehead atoms. The first-order valence-electron chi connectivity index (χ1n) is 4.95. The van der Waals surface area contributed by atoms with Gasteiger partial charge in [-0.25, -0.2) is 9.79 Å². The highest BCUT2D eigenvalue weighted by atomic mass is 16.1. The maximum atomic E-state index is 10.1. The Balaban J connectivity index is 2.47. The zero-order chi connectivity index (χ0) is 8.81. The summed E-state index contributed by atoms with van der Waals surface area (Å²) in [5.41, 5.74) is 0. The predicted octanol–water partition coefficient (Wildman–Crippen LogP) is 2.68. The van der Waals surface area contributed by atoms with Gasteiger partial charge in [0.25, 0.3) is 0 Å². The van der Waals surface area contributed by atoms with Crippen molar-refractivity contribution in [1.82, 2.24) is 0 Å². The normalized spacial score (nSPS) is 29.4. The molecule has 2 nitrogen and oxygen atoms in total. The molecule has 0 aromatic rings. The third-order valence-corrected chi connectivity index (χ3v) is 2.75. The molecule has 1 aliphatic carbocycles.